The Balaban J connectivity index is 2.03. The Labute approximate surface area is 145 Å². The van der Waals surface area contributed by atoms with E-state index in [4.69, 9.17) is 0 Å². The summed E-state index contributed by atoms with van der Waals surface area (Å²) in [4.78, 5) is 26.1. The molecule has 2 heterocycles. The van der Waals surface area contributed by atoms with E-state index in [1.165, 1.54) is 24.0 Å². The van der Waals surface area contributed by atoms with Crippen LogP contribution in [0.5, 0.6) is 5.75 Å². The number of amides is 1. The molecule has 3 rings (SSSR count). The van der Waals surface area contributed by atoms with Crippen molar-refractivity contribution in [3.05, 3.63) is 58.0 Å². The summed E-state index contributed by atoms with van der Waals surface area (Å²) in [6.45, 7) is 0.937. The Bertz CT molecular complexity index is 846. The number of hydrogen-bond donors (Lipinski definition) is 3. The number of anilines is 1. The predicted molar refractivity (Wildman–Crippen MR) is 96.8 cm³/mol. The van der Waals surface area contributed by atoms with Gasteiger partial charge in [0.1, 0.15) is 0 Å². The maximum absolute atomic E-state index is 12.1. The number of carbonyl (C=O) groups is 1. The van der Waals surface area contributed by atoms with E-state index in [9.17, 15) is 14.7 Å². The SMILES string of the molecule is CNC(=O)c1c(O)c(=O)ccn1NC1CCCN(C)c2ccccc21. The Kier molecular flexibility index (Phi) is 4.65. The van der Waals surface area contributed by atoms with Gasteiger partial charge in [0, 0.05) is 38.6 Å². The second-order valence-corrected chi connectivity index (χ2v) is 6.13. The van der Waals surface area contributed by atoms with Gasteiger partial charge in [-0.15, -0.1) is 0 Å². The topological polar surface area (TPSA) is 86.6 Å². The molecule has 1 amide bonds. The Morgan fingerprint density at radius 1 is 1.28 bits per heavy atom. The number of pyridine rings is 1. The Hall–Kier alpha value is -2.96. The van der Waals surface area contributed by atoms with Crippen LogP contribution in [0.3, 0.4) is 0 Å². The summed E-state index contributed by atoms with van der Waals surface area (Å²) in [7, 11) is 3.52. The minimum absolute atomic E-state index is 0.0496. The van der Waals surface area contributed by atoms with Crippen molar-refractivity contribution in [3.63, 3.8) is 0 Å². The molecule has 25 heavy (non-hydrogen) atoms. The summed E-state index contributed by atoms with van der Waals surface area (Å²) in [6, 6.07) is 9.29. The molecule has 3 N–H and O–H groups in total. The first-order valence-electron chi connectivity index (χ1n) is 8.26. The van der Waals surface area contributed by atoms with E-state index in [2.05, 4.69) is 34.8 Å². The van der Waals surface area contributed by atoms with E-state index in [1.807, 2.05) is 12.1 Å². The molecule has 1 aromatic heterocycles. The summed E-state index contributed by atoms with van der Waals surface area (Å²) in [6.07, 6.45) is 3.32. The standard InChI is InChI=1S/C18H22N4O3/c1-19-18(25)16-17(24)15(23)9-11-22(16)20-13-7-5-10-21(2)14-8-4-3-6-12(13)14/h3-4,6,8-9,11,13,20,24H,5,7,10H2,1-2H3,(H,19,25). The molecule has 0 saturated heterocycles. The van der Waals surface area contributed by atoms with Crippen molar-refractivity contribution < 1.29 is 9.90 Å². The van der Waals surface area contributed by atoms with Gasteiger partial charge in [-0.1, -0.05) is 18.2 Å². The minimum atomic E-state index is -0.586. The number of nitrogens with zero attached hydrogens (tertiary/aromatic N) is 2. The molecule has 0 aliphatic carbocycles. The second kappa shape index (κ2) is 6.88. The van der Waals surface area contributed by atoms with Crippen molar-refractivity contribution >= 4 is 11.6 Å². The third kappa shape index (κ3) is 3.17. The minimum Gasteiger partial charge on any atom is -0.502 e. The average molecular weight is 342 g/mol. The van der Waals surface area contributed by atoms with Gasteiger partial charge in [-0.2, -0.15) is 0 Å². The number of rotatable bonds is 3. The molecule has 0 bridgehead atoms. The maximum atomic E-state index is 12.1. The fourth-order valence-electron chi connectivity index (χ4n) is 3.21. The number of fused-ring (bicyclic) bond motifs is 1. The molecule has 7 heteroatoms. The molecule has 1 atom stereocenters. The molecule has 1 aliphatic heterocycles. The monoisotopic (exact) mass is 342 g/mol. The normalized spacial score (nSPS) is 16.7. The molecule has 0 fully saturated rings. The molecule has 0 spiro atoms. The van der Waals surface area contributed by atoms with Crippen molar-refractivity contribution in [2.75, 3.05) is 31.0 Å². The highest BCUT2D eigenvalue weighted by atomic mass is 16.3. The van der Waals surface area contributed by atoms with E-state index in [0.29, 0.717) is 0 Å². The van der Waals surface area contributed by atoms with Crippen LogP contribution in [0.25, 0.3) is 0 Å². The summed E-state index contributed by atoms with van der Waals surface area (Å²) in [5, 5.41) is 12.5. The first kappa shape index (κ1) is 16.9. The fourth-order valence-corrected chi connectivity index (χ4v) is 3.21. The van der Waals surface area contributed by atoms with Gasteiger partial charge in [0.2, 0.25) is 5.43 Å². The van der Waals surface area contributed by atoms with Crippen molar-refractivity contribution in [3.8, 4) is 5.75 Å². The van der Waals surface area contributed by atoms with Crippen LogP contribution in [-0.4, -0.2) is 36.3 Å². The zero-order valence-electron chi connectivity index (χ0n) is 14.3. The van der Waals surface area contributed by atoms with Crippen molar-refractivity contribution in [2.45, 2.75) is 18.9 Å². The van der Waals surface area contributed by atoms with Gasteiger partial charge < -0.3 is 20.7 Å². The third-order valence-electron chi connectivity index (χ3n) is 4.52. The van der Waals surface area contributed by atoms with Crippen LogP contribution in [0.4, 0.5) is 5.69 Å². The zero-order chi connectivity index (χ0) is 18.0. The van der Waals surface area contributed by atoms with Crippen molar-refractivity contribution in [1.29, 1.82) is 0 Å². The van der Waals surface area contributed by atoms with Crippen molar-refractivity contribution in [1.82, 2.24) is 9.99 Å². The zero-order valence-corrected chi connectivity index (χ0v) is 14.3. The van der Waals surface area contributed by atoms with E-state index >= 15 is 0 Å². The lowest BCUT2D eigenvalue weighted by molar-refractivity contribution is 0.0950. The first-order chi connectivity index (χ1) is 12.0. The van der Waals surface area contributed by atoms with Crippen LogP contribution in [0, 0.1) is 0 Å². The van der Waals surface area contributed by atoms with Gasteiger partial charge in [0.25, 0.3) is 5.91 Å². The number of hydrogen-bond acceptors (Lipinski definition) is 5. The number of aromatic nitrogens is 1. The maximum Gasteiger partial charge on any atom is 0.273 e. The van der Waals surface area contributed by atoms with Crippen LogP contribution in [-0.2, 0) is 0 Å². The van der Waals surface area contributed by atoms with Crippen LogP contribution in [0.2, 0.25) is 0 Å². The third-order valence-corrected chi connectivity index (χ3v) is 4.52. The molecule has 1 aliphatic rings. The molecule has 1 unspecified atom stereocenters. The van der Waals surface area contributed by atoms with Gasteiger partial charge in [0.05, 0.1) is 6.04 Å². The molecule has 0 saturated carbocycles. The van der Waals surface area contributed by atoms with Gasteiger partial charge in [-0.25, -0.2) is 0 Å². The van der Waals surface area contributed by atoms with Crippen LogP contribution in [0.1, 0.15) is 34.9 Å². The Morgan fingerprint density at radius 2 is 2.04 bits per heavy atom. The lowest BCUT2D eigenvalue weighted by Crippen LogP contribution is -2.31. The largest absolute Gasteiger partial charge is 0.502 e. The summed E-state index contributed by atoms with van der Waals surface area (Å²) in [5.74, 6) is -1.09. The highest BCUT2D eigenvalue weighted by Crippen LogP contribution is 2.32. The Morgan fingerprint density at radius 3 is 2.80 bits per heavy atom. The summed E-state index contributed by atoms with van der Waals surface area (Å²) < 4.78 is 1.43. The van der Waals surface area contributed by atoms with E-state index < -0.39 is 17.1 Å². The summed E-state index contributed by atoms with van der Waals surface area (Å²) >= 11 is 0. The molecule has 132 valence electrons. The van der Waals surface area contributed by atoms with Gasteiger partial charge >= 0.3 is 0 Å². The molecule has 2 aromatic rings. The molecular weight excluding hydrogens is 320 g/mol. The first-order valence-corrected chi connectivity index (χ1v) is 8.26. The molecular formula is C18H22N4O3. The highest BCUT2D eigenvalue weighted by Gasteiger charge is 2.23. The van der Waals surface area contributed by atoms with Crippen molar-refractivity contribution in [2.24, 2.45) is 0 Å². The molecule has 7 nitrogen and oxygen atoms in total. The number of nitrogens with one attached hydrogen (secondary N) is 2. The van der Waals surface area contributed by atoms with Gasteiger partial charge in [-0.3, -0.25) is 14.3 Å². The fraction of sp³-hybridized carbons (Fsp3) is 0.333. The highest BCUT2D eigenvalue weighted by molar-refractivity contribution is 5.95. The lowest BCUT2D eigenvalue weighted by Gasteiger charge is -2.25. The quantitative estimate of drug-likeness (QED) is 0.785. The van der Waals surface area contributed by atoms with Crippen LogP contribution >= 0.6 is 0 Å². The van der Waals surface area contributed by atoms with Gasteiger partial charge in [0.15, 0.2) is 11.4 Å². The van der Waals surface area contributed by atoms with E-state index in [-0.39, 0.29) is 11.7 Å². The average Bonchev–Trinajstić information content (AvgIpc) is 2.78. The second-order valence-electron chi connectivity index (χ2n) is 6.13. The number of aromatic hydroxyl groups is 1. The predicted octanol–water partition coefficient (Wildman–Crippen LogP) is 1.43. The number of benzene rings is 1. The summed E-state index contributed by atoms with van der Waals surface area (Å²) in [5.41, 5.74) is 4.85. The van der Waals surface area contributed by atoms with Gasteiger partial charge in [-0.05, 0) is 24.5 Å². The number of carbonyl (C=O) groups excluding carboxylic acids is 1. The van der Waals surface area contributed by atoms with Crippen LogP contribution in [0.15, 0.2) is 41.3 Å². The van der Waals surface area contributed by atoms with E-state index in [1.54, 1.807) is 0 Å². The molecule has 0 radical (unpaired) electrons. The molecule has 1 aromatic carbocycles. The smallest absolute Gasteiger partial charge is 0.273 e. The van der Waals surface area contributed by atoms with E-state index in [0.717, 1.165) is 30.6 Å². The lowest BCUT2D eigenvalue weighted by atomic mass is 10.0. The van der Waals surface area contributed by atoms with Crippen LogP contribution < -0.4 is 21.1 Å². The number of para-hydroxylation sites is 1.